The summed E-state index contributed by atoms with van der Waals surface area (Å²) in [6, 6.07) is 14.2. The second-order valence-electron chi connectivity index (χ2n) is 6.96. The number of ether oxygens (including phenoxy) is 1. The van der Waals surface area contributed by atoms with Crippen LogP contribution in [0, 0.1) is 0 Å². The highest BCUT2D eigenvalue weighted by Gasteiger charge is 2.49. The zero-order valence-electron chi connectivity index (χ0n) is 15.6. The number of benzene rings is 2. The number of sulfone groups is 1. The fraction of sp³-hybridized carbons (Fsp3) is 0.300. The van der Waals surface area contributed by atoms with E-state index < -0.39 is 9.84 Å². The Morgan fingerprint density at radius 2 is 2.00 bits per heavy atom. The molecule has 0 unspecified atom stereocenters. The topological polar surface area (TPSA) is 76.0 Å². The quantitative estimate of drug-likeness (QED) is 0.712. The summed E-state index contributed by atoms with van der Waals surface area (Å²) in [6.45, 7) is 0. The van der Waals surface area contributed by atoms with Crippen LogP contribution in [0.1, 0.15) is 5.56 Å². The molecule has 0 N–H and O–H groups in total. The van der Waals surface area contributed by atoms with Crippen LogP contribution in [0.5, 0.6) is 5.75 Å². The van der Waals surface area contributed by atoms with Crippen molar-refractivity contribution in [2.24, 2.45) is 4.99 Å². The van der Waals surface area contributed by atoms with E-state index in [1.165, 1.54) is 11.8 Å². The van der Waals surface area contributed by atoms with Crippen molar-refractivity contribution in [2.45, 2.75) is 17.7 Å². The molecule has 2 heterocycles. The number of amides is 1. The molecule has 0 saturated carbocycles. The first-order valence-corrected chi connectivity index (χ1v) is 12.1. The van der Waals surface area contributed by atoms with Crippen molar-refractivity contribution in [1.82, 2.24) is 0 Å². The molecule has 4 rings (SSSR count). The van der Waals surface area contributed by atoms with E-state index in [1.807, 2.05) is 29.2 Å². The molecule has 2 aromatic rings. The molecule has 2 aliphatic heterocycles. The summed E-state index contributed by atoms with van der Waals surface area (Å²) in [6.07, 6.45) is 0.154. The Balaban J connectivity index is 1.64. The van der Waals surface area contributed by atoms with E-state index in [0.717, 1.165) is 11.3 Å². The monoisotopic (exact) mass is 450 g/mol. The van der Waals surface area contributed by atoms with Crippen LogP contribution in [0.25, 0.3) is 0 Å². The van der Waals surface area contributed by atoms with Gasteiger partial charge in [0.15, 0.2) is 15.0 Å². The van der Waals surface area contributed by atoms with Crippen LogP contribution >= 0.6 is 23.4 Å². The number of carbonyl (C=O) groups excluding carboxylic acids is 1. The van der Waals surface area contributed by atoms with E-state index in [2.05, 4.69) is 4.99 Å². The van der Waals surface area contributed by atoms with E-state index >= 15 is 0 Å². The van der Waals surface area contributed by atoms with Gasteiger partial charge >= 0.3 is 0 Å². The number of amidine groups is 1. The first-order valence-electron chi connectivity index (χ1n) is 9.01. The van der Waals surface area contributed by atoms with Gasteiger partial charge in [0.1, 0.15) is 5.75 Å². The number of nitrogens with zero attached hydrogens (tertiary/aromatic N) is 2. The number of anilines is 1. The minimum atomic E-state index is -3.11. The maximum atomic E-state index is 12.6. The molecule has 2 aliphatic rings. The Morgan fingerprint density at radius 3 is 2.72 bits per heavy atom. The Morgan fingerprint density at radius 1 is 1.24 bits per heavy atom. The van der Waals surface area contributed by atoms with Crippen LogP contribution in [-0.4, -0.2) is 49.4 Å². The molecule has 0 aromatic heterocycles. The van der Waals surface area contributed by atoms with Gasteiger partial charge in [-0.1, -0.05) is 41.6 Å². The highest BCUT2D eigenvalue weighted by Crippen LogP contribution is 2.41. The Labute approximate surface area is 178 Å². The zero-order valence-corrected chi connectivity index (χ0v) is 18.0. The maximum absolute atomic E-state index is 12.6. The third-order valence-electron chi connectivity index (χ3n) is 4.89. The molecule has 9 heteroatoms. The average Bonchev–Trinajstić information content (AvgIpc) is 3.14. The third kappa shape index (κ3) is 4.44. The van der Waals surface area contributed by atoms with Crippen molar-refractivity contribution in [3.05, 3.63) is 59.1 Å². The molecule has 152 valence electrons. The van der Waals surface area contributed by atoms with Crippen molar-refractivity contribution < 1.29 is 17.9 Å². The first kappa shape index (κ1) is 20.3. The number of thioether (sulfide) groups is 1. The number of carbonyl (C=O) groups is 1. The molecule has 2 aromatic carbocycles. The van der Waals surface area contributed by atoms with Gasteiger partial charge in [0.25, 0.3) is 5.91 Å². The molecule has 29 heavy (non-hydrogen) atoms. The van der Waals surface area contributed by atoms with Crippen molar-refractivity contribution in [3.8, 4) is 5.75 Å². The maximum Gasteiger partial charge on any atom is 0.252 e. The van der Waals surface area contributed by atoms with Gasteiger partial charge in [-0.3, -0.25) is 4.79 Å². The normalized spacial score (nSPS) is 23.9. The lowest BCUT2D eigenvalue weighted by molar-refractivity contribution is -0.117. The molecule has 0 bridgehead atoms. The SMILES string of the molecule is COc1cccc(N2C(=NC(=O)Cc3ccc(Cl)cc3)S[C@H]3CS(=O)(=O)C[C@@H]32)c1. The molecule has 0 radical (unpaired) electrons. The van der Waals surface area contributed by atoms with Crippen LogP contribution in [0.15, 0.2) is 53.5 Å². The van der Waals surface area contributed by atoms with Gasteiger partial charge in [-0.05, 0) is 29.8 Å². The lowest BCUT2D eigenvalue weighted by atomic mass is 10.1. The Bertz CT molecular complexity index is 1070. The number of hydrogen-bond donors (Lipinski definition) is 0. The molecule has 2 saturated heterocycles. The van der Waals surface area contributed by atoms with Crippen molar-refractivity contribution in [3.63, 3.8) is 0 Å². The molecule has 2 atom stereocenters. The van der Waals surface area contributed by atoms with Crippen molar-refractivity contribution in [1.29, 1.82) is 0 Å². The number of halogens is 1. The molecular weight excluding hydrogens is 432 g/mol. The second-order valence-corrected chi connectivity index (χ2v) is 10.8. The number of hydrogen-bond acceptors (Lipinski definition) is 5. The fourth-order valence-electron chi connectivity index (χ4n) is 3.55. The smallest absolute Gasteiger partial charge is 0.252 e. The second kappa shape index (κ2) is 8.01. The summed E-state index contributed by atoms with van der Waals surface area (Å²) in [7, 11) is -1.54. The van der Waals surface area contributed by atoms with E-state index in [9.17, 15) is 13.2 Å². The van der Waals surface area contributed by atoms with Crippen LogP contribution in [-0.2, 0) is 21.1 Å². The minimum absolute atomic E-state index is 0.0479. The minimum Gasteiger partial charge on any atom is -0.497 e. The standard InChI is InChI=1S/C20H19ClN2O4S2/c1-27-16-4-2-3-15(10-16)23-17-11-29(25,26)12-18(17)28-20(23)22-19(24)9-13-5-7-14(21)8-6-13/h2-8,10,17-18H,9,11-12H2,1H3/t17-,18-/m0/s1. The summed E-state index contributed by atoms with van der Waals surface area (Å²) in [5.41, 5.74) is 1.59. The number of fused-ring (bicyclic) bond motifs is 1. The Kier molecular flexibility index (Phi) is 5.59. The Hall–Kier alpha value is -2.03. The van der Waals surface area contributed by atoms with Gasteiger partial charge in [-0.15, -0.1) is 0 Å². The lowest BCUT2D eigenvalue weighted by Gasteiger charge is -2.24. The largest absolute Gasteiger partial charge is 0.497 e. The molecule has 6 nitrogen and oxygen atoms in total. The lowest BCUT2D eigenvalue weighted by Crippen LogP contribution is -2.37. The van der Waals surface area contributed by atoms with Gasteiger partial charge in [-0.25, -0.2) is 8.42 Å². The first-order chi connectivity index (χ1) is 13.8. The van der Waals surface area contributed by atoms with Gasteiger partial charge < -0.3 is 9.64 Å². The number of aliphatic imine (C=N–C) groups is 1. The zero-order chi connectivity index (χ0) is 20.6. The van der Waals surface area contributed by atoms with E-state index in [0.29, 0.717) is 15.9 Å². The average molecular weight is 451 g/mol. The van der Waals surface area contributed by atoms with E-state index in [-0.39, 0.29) is 35.1 Å². The predicted molar refractivity (Wildman–Crippen MR) is 117 cm³/mol. The van der Waals surface area contributed by atoms with Crippen molar-refractivity contribution in [2.75, 3.05) is 23.5 Å². The van der Waals surface area contributed by atoms with Crippen LogP contribution in [0.2, 0.25) is 5.02 Å². The van der Waals surface area contributed by atoms with Crippen LogP contribution < -0.4 is 9.64 Å². The van der Waals surface area contributed by atoms with E-state index in [1.54, 1.807) is 31.4 Å². The highest BCUT2D eigenvalue weighted by atomic mass is 35.5. The highest BCUT2D eigenvalue weighted by molar-refractivity contribution is 8.16. The van der Waals surface area contributed by atoms with Crippen molar-refractivity contribution >= 4 is 50.0 Å². The van der Waals surface area contributed by atoms with Gasteiger partial charge in [0.2, 0.25) is 0 Å². The summed E-state index contributed by atoms with van der Waals surface area (Å²) < 4.78 is 29.6. The van der Waals surface area contributed by atoms with Crippen LogP contribution in [0.3, 0.4) is 0 Å². The van der Waals surface area contributed by atoms with Gasteiger partial charge in [0.05, 0.1) is 31.1 Å². The number of rotatable bonds is 4. The summed E-state index contributed by atoms with van der Waals surface area (Å²) in [5.74, 6) is 0.508. The van der Waals surface area contributed by atoms with Crippen LogP contribution in [0.4, 0.5) is 5.69 Å². The number of methoxy groups -OCH3 is 1. The summed E-state index contributed by atoms with van der Waals surface area (Å²) in [5, 5.41) is 0.993. The fourth-order valence-corrected chi connectivity index (χ4v) is 7.61. The van der Waals surface area contributed by atoms with Gasteiger partial charge in [0, 0.05) is 22.0 Å². The predicted octanol–water partition coefficient (Wildman–Crippen LogP) is 3.19. The van der Waals surface area contributed by atoms with E-state index in [4.69, 9.17) is 16.3 Å². The summed E-state index contributed by atoms with van der Waals surface area (Å²) in [4.78, 5) is 18.8. The molecule has 0 spiro atoms. The summed E-state index contributed by atoms with van der Waals surface area (Å²) >= 11 is 7.25. The molecule has 0 aliphatic carbocycles. The third-order valence-corrected chi connectivity index (χ3v) is 8.35. The van der Waals surface area contributed by atoms with Gasteiger partial charge in [-0.2, -0.15) is 4.99 Å². The molecule has 2 fully saturated rings. The molecule has 1 amide bonds. The molecular formula is C20H19ClN2O4S2.